The largest absolute Gasteiger partial charge is 0.588 e. The van der Waals surface area contributed by atoms with Gasteiger partial charge in [-0.15, -0.1) is 0 Å². The Hall–Kier alpha value is -0.730. The number of hydrogen-bond acceptors (Lipinski definition) is 1. The van der Waals surface area contributed by atoms with Crippen LogP contribution in [0.1, 0.15) is 13.3 Å². The van der Waals surface area contributed by atoms with Crippen LogP contribution in [0, 0.1) is 0 Å². The van der Waals surface area contributed by atoms with Gasteiger partial charge in [0.25, 0.3) is 0 Å². The minimum Gasteiger partial charge on any atom is -0.588 e. The lowest BCUT2D eigenvalue weighted by atomic mass is 10.5. The molecule has 3 nitrogen and oxygen atoms in total. The normalized spacial score (nSPS) is 11.8. The first-order chi connectivity index (χ1) is 2.81. The van der Waals surface area contributed by atoms with Crippen LogP contribution < -0.4 is 5.26 Å². The van der Waals surface area contributed by atoms with Crippen LogP contribution in [-0.4, -0.2) is 11.1 Å². The number of carboxylic acid groups (broad SMARTS) is 1. The average Bonchev–Trinajstić information content (AvgIpc) is 1.65. The van der Waals surface area contributed by atoms with Gasteiger partial charge in [0.15, 0.2) is 0 Å². The molecule has 36 valence electrons. The van der Waals surface area contributed by atoms with E-state index < -0.39 is 5.97 Å². The van der Waals surface area contributed by atoms with Gasteiger partial charge in [0.1, 0.15) is 6.42 Å². The van der Waals surface area contributed by atoms with Crippen LogP contribution in [0.2, 0.25) is 0 Å². The Balaban J connectivity index is 3.22. The smallest absolute Gasteiger partial charge is 0.494 e. The Bertz CT molecular complexity index is 57.1. The lowest BCUT2D eigenvalue weighted by Crippen LogP contribution is -2.06. The van der Waals surface area contributed by atoms with Gasteiger partial charge in [-0.3, -0.25) is 4.58 Å². The molecule has 0 radical (unpaired) electrons. The minimum absolute atomic E-state index is 0.267. The Kier molecular flexibility index (Phi) is 2.20. The summed E-state index contributed by atoms with van der Waals surface area (Å²) in [7, 11) is 0. The summed E-state index contributed by atoms with van der Waals surface area (Å²) < 4.78 is 3.12. The first-order valence-electron chi connectivity index (χ1n) is 1.66. The van der Waals surface area contributed by atoms with Gasteiger partial charge in [0.2, 0.25) is 0 Å². The molecular formula is C3H6O3. The third kappa shape index (κ3) is 1.58. The molecule has 0 unspecified atom stereocenters. The second-order valence-electron chi connectivity index (χ2n) is 0.831. The number of aliphatic hydroxyl groups excluding tert-OH is 1. The molecule has 0 fully saturated rings. The Morgan fingerprint density at radius 2 is 2.50 bits per heavy atom. The highest BCUT2D eigenvalue weighted by Crippen LogP contribution is 1.69. The molecule has 0 aliphatic heterocycles. The molecule has 0 atom stereocenters. The molecule has 0 aliphatic rings. The number of aliphatic carboxylic acids is 1. The maximum Gasteiger partial charge on any atom is 0.494 e. The van der Waals surface area contributed by atoms with E-state index in [9.17, 15) is 0 Å². The zero-order valence-corrected chi connectivity index (χ0v) is 3.47. The maximum absolute atomic E-state index is 9.07. The predicted molar refractivity (Wildman–Crippen MR) is 17.9 cm³/mol. The van der Waals surface area contributed by atoms with Gasteiger partial charge in [0, 0.05) is 0 Å². The van der Waals surface area contributed by atoms with E-state index in [1.807, 2.05) is 0 Å². The molecule has 0 aliphatic carbocycles. The van der Waals surface area contributed by atoms with Crippen LogP contribution in [0.5, 0.6) is 0 Å². The summed E-state index contributed by atoms with van der Waals surface area (Å²) in [5, 5.41) is 17.1. The zero-order chi connectivity index (χ0) is 4.99. The van der Waals surface area contributed by atoms with E-state index in [2.05, 4.69) is 4.58 Å². The van der Waals surface area contributed by atoms with Gasteiger partial charge >= 0.3 is 5.97 Å². The molecular weight excluding hydrogens is 84.0 g/mol. The van der Waals surface area contributed by atoms with Crippen molar-refractivity contribution in [1.29, 1.82) is 0 Å². The van der Waals surface area contributed by atoms with Gasteiger partial charge < -0.3 is 10.4 Å². The number of rotatable bonds is 1. The quantitative estimate of drug-likeness (QED) is 0.263. The highest BCUT2D eigenvalue weighted by atomic mass is 17.1. The third-order valence-electron chi connectivity index (χ3n) is 0.399. The van der Waals surface area contributed by atoms with Gasteiger partial charge in [-0.05, 0) is 6.92 Å². The first kappa shape index (κ1) is 5.27. The summed E-state index contributed by atoms with van der Waals surface area (Å²) in [5.74, 6) is -0.463. The van der Waals surface area contributed by atoms with Gasteiger partial charge in [-0.1, -0.05) is 0 Å². The van der Waals surface area contributed by atoms with Crippen molar-refractivity contribution < 1.29 is 14.9 Å². The second-order valence-corrected chi connectivity index (χ2v) is 0.831. The van der Waals surface area contributed by atoms with Crippen LogP contribution in [0.15, 0.2) is 0 Å². The fraction of sp³-hybridized carbons (Fsp3) is 0.667. The molecule has 0 saturated carbocycles. The summed E-state index contributed by atoms with van der Waals surface area (Å²) in [4.78, 5) is 0. The van der Waals surface area contributed by atoms with E-state index >= 15 is 0 Å². The van der Waals surface area contributed by atoms with Crippen molar-refractivity contribution in [3.8, 4) is 0 Å². The molecule has 1 N–H and O–H groups in total. The zero-order valence-electron chi connectivity index (χ0n) is 3.47. The number of carboxylic acids is 1. The van der Waals surface area contributed by atoms with Crippen molar-refractivity contribution in [3.05, 3.63) is 0 Å². The molecule has 0 spiro atoms. The molecule has 3 heteroatoms. The molecule has 6 heavy (non-hydrogen) atoms. The standard InChI is InChI=1S/C3H6O3/c1-2-3(4)6-5/h4H,2H2,1H3. The maximum atomic E-state index is 9.07. The summed E-state index contributed by atoms with van der Waals surface area (Å²) >= 11 is 0. The van der Waals surface area contributed by atoms with E-state index in [0.29, 0.717) is 0 Å². The van der Waals surface area contributed by atoms with Gasteiger partial charge in [-0.25, -0.2) is 0 Å². The highest BCUT2D eigenvalue weighted by Gasteiger charge is 1.95. The average molecular weight is 90.1 g/mol. The Morgan fingerprint density at radius 1 is 2.00 bits per heavy atom. The lowest BCUT2D eigenvalue weighted by Gasteiger charge is -1.76. The molecule has 0 rings (SSSR count). The van der Waals surface area contributed by atoms with Crippen molar-refractivity contribution in [3.63, 3.8) is 0 Å². The SMILES string of the molecule is CCC(O)=[O+][O-]. The summed E-state index contributed by atoms with van der Waals surface area (Å²) in [6, 6.07) is 0. The van der Waals surface area contributed by atoms with Crippen molar-refractivity contribution in [2.24, 2.45) is 0 Å². The fourth-order valence-corrected chi connectivity index (χ4v) is 0.0589. The van der Waals surface area contributed by atoms with E-state index in [0.717, 1.165) is 0 Å². The molecule has 0 amide bonds. The molecule has 0 saturated heterocycles. The van der Waals surface area contributed by atoms with E-state index in [4.69, 9.17) is 10.4 Å². The summed E-state index contributed by atoms with van der Waals surface area (Å²) in [6.07, 6.45) is 0.267. The number of hydrogen-bond donors (Lipinski definition) is 1. The predicted octanol–water partition coefficient (Wildman–Crippen LogP) is -0.708. The molecule has 0 bridgehead atoms. The van der Waals surface area contributed by atoms with E-state index in [-0.39, 0.29) is 6.42 Å². The Morgan fingerprint density at radius 3 is 2.50 bits per heavy atom. The summed E-state index contributed by atoms with van der Waals surface area (Å²) in [5.41, 5.74) is 0. The van der Waals surface area contributed by atoms with E-state index in [1.165, 1.54) is 0 Å². The van der Waals surface area contributed by atoms with Crippen molar-refractivity contribution >= 4 is 5.97 Å². The molecule has 0 aromatic heterocycles. The topological polar surface area (TPSA) is 54.6 Å². The van der Waals surface area contributed by atoms with Crippen LogP contribution in [-0.2, 0) is 4.58 Å². The van der Waals surface area contributed by atoms with Crippen LogP contribution >= 0.6 is 0 Å². The first-order valence-corrected chi connectivity index (χ1v) is 1.66. The second kappa shape index (κ2) is 2.50. The third-order valence-corrected chi connectivity index (χ3v) is 0.399. The minimum atomic E-state index is -0.463. The van der Waals surface area contributed by atoms with Gasteiger partial charge in [-0.2, -0.15) is 0 Å². The van der Waals surface area contributed by atoms with Crippen LogP contribution in [0.3, 0.4) is 0 Å². The highest BCUT2D eigenvalue weighted by molar-refractivity contribution is 5.66. The van der Waals surface area contributed by atoms with E-state index in [1.54, 1.807) is 6.92 Å². The van der Waals surface area contributed by atoms with Crippen molar-refractivity contribution in [2.45, 2.75) is 13.3 Å². The van der Waals surface area contributed by atoms with Crippen molar-refractivity contribution in [1.82, 2.24) is 0 Å². The molecule has 0 aromatic rings. The molecule has 0 heterocycles. The monoisotopic (exact) mass is 90.0 g/mol. The summed E-state index contributed by atoms with van der Waals surface area (Å²) in [6.45, 7) is 1.62. The van der Waals surface area contributed by atoms with Crippen molar-refractivity contribution in [2.75, 3.05) is 0 Å². The van der Waals surface area contributed by atoms with Crippen LogP contribution in [0.4, 0.5) is 0 Å². The lowest BCUT2D eigenvalue weighted by molar-refractivity contribution is -1.05. The van der Waals surface area contributed by atoms with Crippen LogP contribution in [0.25, 0.3) is 0 Å². The Labute approximate surface area is 35.5 Å². The van der Waals surface area contributed by atoms with Gasteiger partial charge in [0.05, 0.1) is 0 Å². The molecule has 0 aromatic carbocycles. The fourth-order valence-electron chi connectivity index (χ4n) is 0.0589.